The van der Waals surface area contributed by atoms with Crippen molar-refractivity contribution >= 4 is 29.4 Å². The molecule has 0 bridgehead atoms. The lowest BCUT2D eigenvalue weighted by Crippen LogP contribution is -2.50. The molecule has 0 unspecified atom stereocenters. The molecule has 1 N–H and O–H groups in total. The van der Waals surface area contributed by atoms with Crippen LogP contribution in [0, 0.1) is 0 Å². The number of ether oxygens (including phenoxy) is 1. The predicted octanol–water partition coefficient (Wildman–Crippen LogP) is 1.33. The van der Waals surface area contributed by atoms with Gasteiger partial charge in [0, 0.05) is 49.3 Å². The Balaban J connectivity index is 1.52. The van der Waals surface area contributed by atoms with Crippen LogP contribution >= 0.6 is 11.6 Å². The Kier molecular flexibility index (Phi) is 6.89. The van der Waals surface area contributed by atoms with E-state index in [4.69, 9.17) is 16.3 Å². The molecule has 8 nitrogen and oxygen atoms in total. The summed E-state index contributed by atoms with van der Waals surface area (Å²) in [5.41, 5.74) is 0.959. The summed E-state index contributed by atoms with van der Waals surface area (Å²) in [6, 6.07) is 7.64. The fourth-order valence-electron chi connectivity index (χ4n) is 3.10. The number of hydrogen-bond donors (Lipinski definition) is 1. The quantitative estimate of drug-likeness (QED) is 0.700. The molecule has 0 saturated carbocycles. The molecular weight excluding hydrogens is 382 g/mol. The molecule has 2 aromatic rings. The lowest BCUT2D eigenvalue weighted by Gasteiger charge is -2.35. The van der Waals surface area contributed by atoms with E-state index in [9.17, 15) is 9.59 Å². The van der Waals surface area contributed by atoms with Crippen LogP contribution in [-0.4, -0.2) is 72.2 Å². The molecular formula is C19H24ClN5O3. The summed E-state index contributed by atoms with van der Waals surface area (Å²) >= 11 is 6.11. The second kappa shape index (κ2) is 9.57. The number of imidazole rings is 1. The van der Waals surface area contributed by atoms with Gasteiger partial charge < -0.3 is 15.0 Å². The maximum atomic E-state index is 12.0. The number of anilines is 1. The third-order valence-corrected chi connectivity index (χ3v) is 4.70. The molecule has 2 heterocycles. The number of nitrogens with zero attached hydrogens (tertiary/aromatic N) is 4. The highest BCUT2D eigenvalue weighted by molar-refractivity contribution is 6.30. The Morgan fingerprint density at radius 2 is 2.04 bits per heavy atom. The van der Waals surface area contributed by atoms with Gasteiger partial charge in [0.25, 0.3) is 0 Å². The Labute approximate surface area is 169 Å². The van der Waals surface area contributed by atoms with Crippen LogP contribution in [0.1, 0.15) is 6.92 Å². The molecule has 150 valence electrons. The molecule has 1 amide bonds. The lowest BCUT2D eigenvalue weighted by atomic mass is 10.3. The fourth-order valence-corrected chi connectivity index (χ4v) is 3.29. The van der Waals surface area contributed by atoms with E-state index in [1.54, 1.807) is 13.1 Å². The largest absolute Gasteiger partial charge is 0.465 e. The van der Waals surface area contributed by atoms with E-state index in [1.165, 1.54) is 0 Å². The summed E-state index contributed by atoms with van der Waals surface area (Å²) in [6.45, 7) is 5.17. The number of carbonyl (C=O) groups is 2. The zero-order chi connectivity index (χ0) is 19.9. The molecule has 28 heavy (non-hydrogen) atoms. The van der Waals surface area contributed by atoms with E-state index in [2.05, 4.69) is 20.1 Å². The Bertz CT molecular complexity index is 817. The number of amides is 1. The number of rotatable bonds is 7. The third kappa shape index (κ3) is 5.24. The molecule has 1 saturated heterocycles. The first-order valence-electron chi connectivity index (χ1n) is 9.25. The van der Waals surface area contributed by atoms with Crippen molar-refractivity contribution in [3.05, 3.63) is 41.7 Å². The molecule has 0 spiro atoms. The topological polar surface area (TPSA) is 79.7 Å². The van der Waals surface area contributed by atoms with Gasteiger partial charge in [-0.1, -0.05) is 17.7 Å². The van der Waals surface area contributed by atoms with Crippen LogP contribution in [0.3, 0.4) is 0 Å². The second-order valence-corrected chi connectivity index (χ2v) is 6.86. The summed E-state index contributed by atoms with van der Waals surface area (Å²) in [7, 11) is 0. The number of nitrogens with one attached hydrogen (secondary N) is 1. The number of esters is 1. The standard InChI is InChI=1S/C19H24ClN5O3/c1-2-28-18(27)13-22-17(26)14-23-8-10-24(11-9-23)19-21-6-7-25(19)16-5-3-4-15(20)12-16/h3-7,12H,2,8-11,13-14H2,1H3,(H,22,26). The molecule has 3 rings (SSSR count). The van der Waals surface area contributed by atoms with E-state index in [1.807, 2.05) is 35.0 Å². The summed E-state index contributed by atoms with van der Waals surface area (Å²) in [5, 5.41) is 3.27. The molecule has 1 aromatic carbocycles. The average molecular weight is 406 g/mol. The molecule has 1 aliphatic rings. The van der Waals surface area contributed by atoms with Gasteiger partial charge in [-0.2, -0.15) is 0 Å². The number of benzene rings is 1. The van der Waals surface area contributed by atoms with Gasteiger partial charge >= 0.3 is 5.97 Å². The highest BCUT2D eigenvalue weighted by atomic mass is 35.5. The van der Waals surface area contributed by atoms with Crippen molar-refractivity contribution < 1.29 is 14.3 Å². The zero-order valence-electron chi connectivity index (χ0n) is 15.8. The summed E-state index contributed by atoms with van der Waals surface area (Å²) < 4.78 is 6.81. The van der Waals surface area contributed by atoms with E-state index in [0.717, 1.165) is 37.8 Å². The fraction of sp³-hybridized carbons (Fsp3) is 0.421. The Hall–Kier alpha value is -2.58. The maximum Gasteiger partial charge on any atom is 0.325 e. The van der Waals surface area contributed by atoms with Crippen LogP contribution < -0.4 is 10.2 Å². The first-order chi connectivity index (χ1) is 13.6. The summed E-state index contributed by atoms with van der Waals surface area (Å²) in [4.78, 5) is 32.0. The Morgan fingerprint density at radius 1 is 1.25 bits per heavy atom. The van der Waals surface area contributed by atoms with Crippen LogP contribution in [0.2, 0.25) is 5.02 Å². The molecule has 9 heteroatoms. The number of halogens is 1. The molecule has 1 fully saturated rings. The van der Waals surface area contributed by atoms with Crippen LogP contribution in [-0.2, 0) is 14.3 Å². The van der Waals surface area contributed by atoms with Crippen molar-refractivity contribution in [2.45, 2.75) is 6.92 Å². The van der Waals surface area contributed by atoms with Gasteiger partial charge in [-0.25, -0.2) is 4.98 Å². The van der Waals surface area contributed by atoms with Crippen LogP contribution in [0.15, 0.2) is 36.7 Å². The molecule has 1 aromatic heterocycles. The van der Waals surface area contributed by atoms with Gasteiger partial charge in [0.05, 0.1) is 13.2 Å². The van der Waals surface area contributed by atoms with E-state index >= 15 is 0 Å². The smallest absolute Gasteiger partial charge is 0.325 e. The molecule has 0 aliphatic carbocycles. The van der Waals surface area contributed by atoms with Gasteiger partial charge in [0.1, 0.15) is 6.54 Å². The van der Waals surface area contributed by atoms with E-state index in [-0.39, 0.29) is 19.0 Å². The van der Waals surface area contributed by atoms with Crippen LogP contribution in [0.5, 0.6) is 0 Å². The summed E-state index contributed by atoms with van der Waals surface area (Å²) in [6.07, 6.45) is 3.68. The number of carbonyl (C=O) groups excluding carboxylic acids is 2. The van der Waals surface area contributed by atoms with Gasteiger partial charge in [-0.05, 0) is 25.1 Å². The normalized spacial score (nSPS) is 14.7. The minimum absolute atomic E-state index is 0.0935. The third-order valence-electron chi connectivity index (χ3n) is 4.47. The highest BCUT2D eigenvalue weighted by Gasteiger charge is 2.22. The van der Waals surface area contributed by atoms with E-state index in [0.29, 0.717) is 11.6 Å². The van der Waals surface area contributed by atoms with Gasteiger partial charge in [-0.15, -0.1) is 0 Å². The van der Waals surface area contributed by atoms with Crippen LogP contribution in [0.25, 0.3) is 5.69 Å². The predicted molar refractivity (Wildman–Crippen MR) is 107 cm³/mol. The van der Waals surface area contributed by atoms with Gasteiger partial charge in [0.2, 0.25) is 11.9 Å². The van der Waals surface area contributed by atoms with Crippen molar-refractivity contribution in [3.63, 3.8) is 0 Å². The minimum atomic E-state index is -0.423. The van der Waals surface area contributed by atoms with Crippen LogP contribution in [0.4, 0.5) is 5.95 Å². The van der Waals surface area contributed by atoms with Gasteiger partial charge in [0.15, 0.2) is 0 Å². The van der Waals surface area contributed by atoms with Crippen molar-refractivity contribution in [1.29, 1.82) is 0 Å². The average Bonchev–Trinajstić information content (AvgIpc) is 3.17. The van der Waals surface area contributed by atoms with Crippen molar-refractivity contribution in [2.75, 3.05) is 50.8 Å². The number of piperazine rings is 1. The first-order valence-corrected chi connectivity index (χ1v) is 9.63. The Morgan fingerprint density at radius 3 is 2.75 bits per heavy atom. The van der Waals surface area contributed by atoms with E-state index < -0.39 is 5.97 Å². The number of aromatic nitrogens is 2. The van der Waals surface area contributed by atoms with Crippen molar-refractivity contribution in [2.24, 2.45) is 0 Å². The van der Waals surface area contributed by atoms with Crippen molar-refractivity contribution in [3.8, 4) is 5.69 Å². The second-order valence-electron chi connectivity index (χ2n) is 6.42. The first kappa shape index (κ1) is 20.2. The monoisotopic (exact) mass is 405 g/mol. The molecule has 1 aliphatic heterocycles. The maximum absolute atomic E-state index is 12.0. The summed E-state index contributed by atoms with van der Waals surface area (Å²) in [5.74, 6) is 0.254. The zero-order valence-corrected chi connectivity index (χ0v) is 16.6. The van der Waals surface area contributed by atoms with Gasteiger partial charge in [-0.3, -0.25) is 19.1 Å². The molecule has 0 atom stereocenters. The highest BCUT2D eigenvalue weighted by Crippen LogP contribution is 2.21. The molecule has 0 radical (unpaired) electrons. The SMILES string of the molecule is CCOC(=O)CNC(=O)CN1CCN(c2nccn2-c2cccc(Cl)c2)CC1. The number of hydrogen-bond acceptors (Lipinski definition) is 6. The lowest BCUT2D eigenvalue weighted by molar-refractivity contribution is -0.143. The minimum Gasteiger partial charge on any atom is -0.465 e. The van der Waals surface area contributed by atoms with Crippen molar-refractivity contribution in [1.82, 2.24) is 19.8 Å².